The minimum atomic E-state index is -0.493. The van der Waals surface area contributed by atoms with E-state index in [0.29, 0.717) is 17.4 Å². The van der Waals surface area contributed by atoms with Crippen LogP contribution in [0.3, 0.4) is 0 Å². The van der Waals surface area contributed by atoms with Crippen LogP contribution in [-0.4, -0.2) is 23.4 Å². The number of halogens is 1. The highest BCUT2D eigenvalue weighted by Crippen LogP contribution is 2.17. The molecule has 18 heavy (non-hydrogen) atoms. The lowest BCUT2D eigenvalue weighted by Crippen LogP contribution is -2.39. The van der Waals surface area contributed by atoms with Gasteiger partial charge in [-0.25, -0.2) is 4.39 Å². The second-order valence-corrected chi connectivity index (χ2v) is 5.63. The molecule has 0 aliphatic carbocycles. The summed E-state index contributed by atoms with van der Waals surface area (Å²) in [5.41, 5.74) is 0.0943. The Hall–Kier alpha value is -1.03. The Labute approximate surface area is 114 Å². The molecular weight excluding hydrogens is 249 g/mol. The van der Waals surface area contributed by atoms with Crippen LogP contribution < -0.4 is 0 Å². The van der Waals surface area contributed by atoms with Gasteiger partial charge in [0, 0.05) is 17.5 Å². The first kappa shape index (κ1) is 15.0. The van der Waals surface area contributed by atoms with Gasteiger partial charge in [0.15, 0.2) is 0 Å². The van der Waals surface area contributed by atoms with E-state index in [0.717, 1.165) is 0 Å². The number of benzene rings is 1. The maximum absolute atomic E-state index is 13.7. The van der Waals surface area contributed by atoms with Gasteiger partial charge in [0.25, 0.3) is 5.91 Å². The Kier molecular flexibility index (Phi) is 5.20. The van der Waals surface area contributed by atoms with Crippen LogP contribution in [0.2, 0.25) is 0 Å². The summed E-state index contributed by atoms with van der Waals surface area (Å²) in [4.78, 5) is 14.6. The maximum Gasteiger partial charge on any atom is 0.257 e. The van der Waals surface area contributed by atoms with E-state index in [4.69, 9.17) is 0 Å². The molecule has 0 fully saturated rings. The van der Waals surface area contributed by atoms with Crippen molar-refractivity contribution in [3.05, 3.63) is 29.6 Å². The monoisotopic (exact) mass is 269 g/mol. The second-order valence-electron chi connectivity index (χ2n) is 5.11. The highest BCUT2D eigenvalue weighted by Gasteiger charge is 2.22. The summed E-state index contributed by atoms with van der Waals surface area (Å²) in [7, 11) is 0. The van der Waals surface area contributed by atoms with Gasteiger partial charge in [-0.2, -0.15) is 0 Å². The maximum atomic E-state index is 13.7. The Morgan fingerprint density at radius 1 is 1.33 bits per heavy atom. The molecular formula is C14H20FNOS. The molecule has 0 unspecified atom stereocenters. The third kappa shape index (κ3) is 3.73. The summed E-state index contributed by atoms with van der Waals surface area (Å²) in [6.07, 6.45) is 0. The summed E-state index contributed by atoms with van der Waals surface area (Å²) in [6.45, 7) is 8.56. The van der Waals surface area contributed by atoms with Crippen molar-refractivity contribution in [1.29, 1.82) is 0 Å². The lowest BCUT2D eigenvalue weighted by molar-refractivity contribution is 0.0677. The highest BCUT2D eigenvalue weighted by atomic mass is 32.1. The van der Waals surface area contributed by atoms with Gasteiger partial charge in [-0.15, -0.1) is 12.6 Å². The number of carbonyl (C=O) groups excluding carboxylic acids is 1. The van der Waals surface area contributed by atoms with Gasteiger partial charge < -0.3 is 4.90 Å². The molecule has 1 aromatic carbocycles. The number of thiol groups is 1. The lowest BCUT2D eigenvalue weighted by Gasteiger charge is -2.28. The summed E-state index contributed by atoms with van der Waals surface area (Å²) in [6, 6.07) is 4.35. The van der Waals surface area contributed by atoms with E-state index in [-0.39, 0.29) is 17.5 Å². The van der Waals surface area contributed by atoms with Gasteiger partial charge in [-0.1, -0.05) is 13.8 Å². The van der Waals surface area contributed by atoms with E-state index in [1.807, 2.05) is 27.7 Å². The zero-order chi connectivity index (χ0) is 13.9. The van der Waals surface area contributed by atoms with Crippen LogP contribution >= 0.6 is 12.6 Å². The molecule has 1 rings (SSSR count). The third-order valence-electron chi connectivity index (χ3n) is 2.63. The van der Waals surface area contributed by atoms with Crippen molar-refractivity contribution in [1.82, 2.24) is 4.90 Å². The first-order chi connectivity index (χ1) is 8.32. The Morgan fingerprint density at radius 2 is 1.94 bits per heavy atom. The third-order valence-corrected chi connectivity index (χ3v) is 2.90. The predicted octanol–water partition coefficient (Wildman–Crippen LogP) is 3.62. The second kappa shape index (κ2) is 6.23. The Balaban J connectivity index is 3.05. The smallest absolute Gasteiger partial charge is 0.257 e. The predicted molar refractivity (Wildman–Crippen MR) is 74.7 cm³/mol. The summed E-state index contributed by atoms with van der Waals surface area (Å²) >= 11 is 4.15. The average Bonchev–Trinajstić information content (AvgIpc) is 2.27. The SMILES string of the molecule is CC(C)CN(C(=O)c1cc(S)ccc1F)C(C)C. The molecule has 0 spiro atoms. The van der Waals surface area contributed by atoms with E-state index in [1.165, 1.54) is 18.2 Å². The van der Waals surface area contributed by atoms with Crippen molar-refractivity contribution in [3.8, 4) is 0 Å². The largest absolute Gasteiger partial charge is 0.336 e. The van der Waals surface area contributed by atoms with Crippen molar-refractivity contribution >= 4 is 18.5 Å². The molecule has 0 heterocycles. The number of nitrogens with zero attached hydrogens (tertiary/aromatic N) is 1. The zero-order valence-electron chi connectivity index (χ0n) is 11.3. The van der Waals surface area contributed by atoms with Gasteiger partial charge in [0.1, 0.15) is 5.82 Å². The fourth-order valence-corrected chi connectivity index (χ4v) is 1.96. The highest BCUT2D eigenvalue weighted by molar-refractivity contribution is 7.80. The van der Waals surface area contributed by atoms with Crippen molar-refractivity contribution in [2.24, 2.45) is 5.92 Å². The van der Waals surface area contributed by atoms with Gasteiger partial charge in [-0.05, 0) is 38.0 Å². The molecule has 0 saturated heterocycles. The van der Waals surface area contributed by atoms with Crippen molar-refractivity contribution < 1.29 is 9.18 Å². The molecule has 0 aromatic heterocycles. The molecule has 2 nitrogen and oxygen atoms in total. The molecule has 0 aliphatic rings. The number of rotatable bonds is 4. The van der Waals surface area contributed by atoms with E-state index < -0.39 is 5.82 Å². The number of amides is 1. The number of hydrogen-bond donors (Lipinski definition) is 1. The van der Waals surface area contributed by atoms with Crippen LogP contribution in [0.4, 0.5) is 4.39 Å². The molecule has 1 aromatic rings. The van der Waals surface area contributed by atoms with Crippen molar-refractivity contribution in [2.45, 2.75) is 38.6 Å². The van der Waals surface area contributed by atoms with Gasteiger partial charge in [-0.3, -0.25) is 4.79 Å². The zero-order valence-corrected chi connectivity index (χ0v) is 12.2. The minimum absolute atomic E-state index is 0.0443. The van der Waals surface area contributed by atoms with E-state index in [2.05, 4.69) is 12.6 Å². The standard InChI is InChI=1S/C14H20FNOS/c1-9(2)8-16(10(3)4)14(17)12-7-11(18)5-6-13(12)15/h5-7,9-10,18H,8H2,1-4H3. The normalized spacial score (nSPS) is 11.1. The van der Waals surface area contributed by atoms with Crippen LogP contribution in [0.15, 0.2) is 23.1 Å². The summed E-state index contributed by atoms with van der Waals surface area (Å²) in [5.74, 6) is -0.419. The van der Waals surface area contributed by atoms with Crippen LogP contribution in [0.1, 0.15) is 38.1 Å². The molecule has 0 radical (unpaired) electrons. The molecule has 100 valence electrons. The molecule has 0 N–H and O–H groups in total. The molecule has 0 aliphatic heterocycles. The quantitative estimate of drug-likeness (QED) is 0.828. The Bertz CT molecular complexity index is 432. The van der Waals surface area contributed by atoms with Crippen LogP contribution in [0, 0.1) is 11.7 Å². The first-order valence-corrected chi connectivity index (χ1v) is 6.57. The van der Waals surface area contributed by atoms with E-state index in [1.54, 1.807) is 4.90 Å². The fourth-order valence-electron chi connectivity index (χ4n) is 1.75. The Morgan fingerprint density at radius 3 is 2.44 bits per heavy atom. The van der Waals surface area contributed by atoms with Crippen LogP contribution in [0.25, 0.3) is 0 Å². The summed E-state index contributed by atoms with van der Waals surface area (Å²) in [5, 5.41) is 0. The van der Waals surface area contributed by atoms with Gasteiger partial charge >= 0.3 is 0 Å². The average molecular weight is 269 g/mol. The van der Waals surface area contributed by atoms with Gasteiger partial charge in [0.05, 0.1) is 5.56 Å². The lowest BCUT2D eigenvalue weighted by atomic mass is 10.1. The topological polar surface area (TPSA) is 20.3 Å². The van der Waals surface area contributed by atoms with E-state index >= 15 is 0 Å². The molecule has 1 amide bonds. The molecule has 0 bridgehead atoms. The molecule has 0 atom stereocenters. The number of carbonyl (C=O) groups is 1. The first-order valence-electron chi connectivity index (χ1n) is 6.12. The minimum Gasteiger partial charge on any atom is -0.336 e. The fraction of sp³-hybridized carbons (Fsp3) is 0.500. The van der Waals surface area contributed by atoms with Crippen LogP contribution in [-0.2, 0) is 0 Å². The molecule has 4 heteroatoms. The molecule has 0 saturated carbocycles. The van der Waals surface area contributed by atoms with Crippen LogP contribution in [0.5, 0.6) is 0 Å². The van der Waals surface area contributed by atoms with Gasteiger partial charge in [0.2, 0.25) is 0 Å². The van der Waals surface area contributed by atoms with Crippen molar-refractivity contribution in [3.63, 3.8) is 0 Å². The van der Waals surface area contributed by atoms with Crippen molar-refractivity contribution in [2.75, 3.05) is 6.54 Å². The number of hydrogen-bond acceptors (Lipinski definition) is 2. The summed E-state index contributed by atoms with van der Waals surface area (Å²) < 4.78 is 13.7. The van der Waals surface area contributed by atoms with E-state index in [9.17, 15) is 9.18 Å².